The Kier molecular flexibility index (Phi) is 13.2. The van der Waals surface area contributed by atoms with Crippen molar-refractivity contribution in [3.05, 3.63) is 68.6 Å². The predicted molar refractivity (Wildman–Crippen MR) is 207 cm³/mol. The second-order valence-electron chi connectivity index (χ2n) is 17.8. The molecule has 2 aliphatic carbocycles. The van der Waals surface area contributed by atoms with Crippen molar-refractivity contribution in [3.8, 4) is 12.1 Å². The second-order valence-corrected chi connectivity index (χ2v) is 19.7. The Morgan fingerprint density at radius 2 is 0.923 bits per heavy atom. The molecule has 0 aliphatic heterocycles. The minimum atomic E-state index is -1.50. The van der Waals surface area contributed by atoms with Gasteiger partial charge in [0.15, 0.2) is 10.8 Å². The fourth-order valence-electron chi connectivity index (χ4n) is 7.58. The van der Waals surface area contributed by atoms with Crippen LogP contribution in [0.5, 0.6) is 0 Å². The topological polar surface area (TPSA) is 134 Å². The van der Waals surface area contributed by atoms with Crippen molar-refractivity contribution in [3.63, 3.8) is 0 Å². The van der Waals surface area contributed by atoms with Gasteiger partial charge in [0.25, 0.3) is 0 Å². The molecular formula is C42H52Br2N2O6. The molecule has 0 bridgehead atoms. The third kappa shape index (κ3) is 10.4. The summed E-state index contributed by atoms with van der Waals surface area (Å²) in [6, 6.07) is 18.8. The lowest BCUT2D eigenvalue weighted by Gasteiger charge is -2.42. The minimum Gasteiger partial charge on any atom is -0.459 e. The lowest BCUT2D eigenvalue weighted by atomic mass is 9.60. The van der Waals surface area contributed by atoms with E-state index in [-0.39, 0.29) is 35.2 Å². The standard InChI is InChI=1S/2C21H26BrNO3/c2*1-19(2,3)26-18(25)21(13-23,14-6-8-16(22)9-7-14)15-10-17(24)12-20(4,5)11-15/h2*6-9,15H,10-12H2,1-5H3/t2*15-,21-/m10/s1. The molecule has 52 heavy (non-hydrogen) atoms. The predicted octanol–water partition coefficient (Wildman–Crippen LogP) is 9.90. The molecule has 2 saturated carbocycles. The van der Waals surface area contributed by atoms with Crippen molar-refractivity contribution in [2.24, 2.45) is 22.7 Å². The number of Topliss-reactive ketones (excluding diaryl/α,β-unsaturated/α-hetero) is 2. The summed E-state index contributed by atoms with van der Waals surface area (Å²) in [6.07, 6.45) is 2.60. The SMILES string of the molecule is CC1(C)CC(=O)C[C@@H]([C@](C#N)(C(=O)OC(C)(C)C)c2ccc(Br)cc2)C1.CC1(C)CC(=O)C[C@H]([C@@](C#N)(C(=O)OC(C)(C)C)c2ccc(Br)cc2)C1. The van der Waals surface area contributed by atoms with Crippen LogP contribution in [0.15, 0.2) is 57.5 Å². The van der Waals surface area contributed by atoms with Crippen LogP contribution in [0.25, 0.3) is 0 Å². The van der Waals surface area contributed by atoms with Crippen molar-refractivity contribution < 1.29 is 28.7 Å². The fraction of sp³-hybridized carbons (Fsp3) is 0.571. The average Bonchev–Trinajstić information content (AvgIpc) is 2.97. The molecule has 0 radical (unpaired) electrons. The van der Waals surface area contributed by atoms with Crippen LogP contribution in [-0.2, 0) is 39.5 Å². The number of benzene rings is 2. The van der Waals surface area contributed by atoms with Gasteiger partial charge in [-0.1, -0.05) is 83.8 Å². The number of halogens is 2. The maximum absolute atomic E-state index is 13.2. The highest BCUT2D eigenvalue weighted by atomic mass is 79.9. The maximum atomic E-state index is 13.2. The van der Waals surface area contributed by atoms with Gasteiger partial charge < -0.3 is 9.47 Å². The molecule has 2 aromatic carbocycles. The highest BCUT2D eigenvalue weighted by Gasteiger charge is 2.55. The number of nitriles is 2. The summed E-state index contributed by atoms with van der Waals surface area (Å²) in [5.41, 5.74) is -3.78. The molecule has 8 nitrogen and oxygen atoms in total. The van der Waals surface area contributed by atoms with Crippen molar-refractivity contribution in [1.82, 2.24) is 0 Å². The molecule has 4 atom stereocenters. The number of carbonyl (C=O) groups excluding carboxylic acids is 4. The van der Waals surface area contributed by atoms with Gasteiger partial charge in [0.2, 0.25) is 0 Å². The Bertz CT molecular complexity index is 1610. The Morgan fingerprint density at radius 3 is 1.15 bits per heavy atom. The first-order valence-electron chi connectivity index (χ1n) is 17.6. The number of ether oxygens (including phenoxy) is 2. The van der Waals surface area contributed by atoms with Gasteiger partial charge in [-0.25, -0.2) is 9.59 Å². The zero-order chi connectivity index (χ0) is 39.5. The van der Waals surface area contributed by atoms with Gasteiger partial charge in [0.1, 0.15) is 22.8 Å². The van der Waals surface area contributed by atoms with Gasteiger partial charge in [-0.3, -0.25) is 9.59 Å². The molecule has 0 saturated heterocycles. The molecule has 0 heterocycles. The van der Waals surface area contributed by atoms with Gasteiger partial charge in [0.05, 0.1) is 12.1 Å². The van der Waals surface area contributed by atoms with E-state index in [1.165, 1.54) is 0 Å². The number of hydrogen-bond donors (Lipinski definition) is 0. The quantitative estimate of drug-likeness (QED) is 0.263. The lowest BCUT2D eigenvalue weighted by molar-refractivity contribution is -0.164. The number of rotatable bonds is 6. The zero-order valence-electron chi connectivity index (χ0n) is 32.1. The van der Waals surface area contributed by atoms with Crippen LogP contribution < -0.4 is 0 Å². The van der Waals surface area contributed by atoms with Gasteiger partial charge in [-0.2, -0.15) is 10.5 Å². The summed E-state index contributed by atoms with van der Waals surface area (Å²) in [5.74, 6) is -1.81. The first kappa shape index (κ1) is 43.1. The third-order valence-electron chi connectivity index (χ3n) is 9.52. The first-order chi connectivity index (χ1) is 23.8. The van der Waals surface area contributed by atoms with E-state index < -0.39 is 45.8 Å². The summed E-state index contributed by atoms with van der Waals surface area (Å²) in [6.45, 7) is 18.7. The number of esters is 2. The molecule has 2 aromatic rings. The number of ketones is 2. The van der Waals surface area contributed by atoms with E-state index in [1.54, 1.807) is 65.8 Å². The molecular weight excluding hydrogens is 788 g/mol. The average molecular weight is 841 g/mol. The molecule has 4 rings (SSSR count). The molecule has 2 aliphatic rings. The van der Waals surface area contributed by atoms with Crippen LogP contribution >= 0.6 is 31.9 Å². The van der Waals surface area contributed by atoms with E-state index in [4.69, 9.17) is 9.47 Å². The Morgan fingerprint density at radius 1 is 0.635 bits per heavy atom. The molecule has 0 spiro atoms. The highest BCUT2D eigenvalue weighted by Crippen LogP contribution is 2.49. The van der Waals surface area contributed by atoms with Gasteiger partial charge in [0, 0.05) is 34.6 Å². The largest absolute Gasteiger partial charge is 0.459 e. The van der Waals surface area contributed by atoms with Crippen LogP contribution in [0.4, 0.5) is 0 Å². The molecule has 280 valence electrons. The summed E-state index contributed by atoms with van der Waals surface area (Å²) < 4.78 is 13.0. The molecule has 0 unspecified atom stereocenters. The lowest BCUT2D eigenvalue weighted by Crippen LogP contribution is -2.49. The van der Waals surface area contributed by atoms with Crippen LogP contribution in [0, 0.1) is 45.3 Å². The third-order valence-corrected chi connectivity index (χ3v) is 10.6. The Hall–Kier alpha value is -3.34. The Labute approximate surface area is 326 Å². The van der Waals surface area contributed by atoms with Crippen molar-refractivity contribution in [2.45, 2.75) is 130 Å². The van der Waals surface area contributed by atoms with Gasteiger partial charge >= 0.3 is 11.9 Å². The van der Waals surface area contributed by atoms with Crippen molar-refractivity contribution >= 4 is 55.4 Å². The number of nitrogens with zero attached hydrogens (tertiary/aromatic N) is 2. The summed E-state index contributed by atoms with van der Waals surface area (Å²) in [7, 11) is 0. The van der Waals surface area contributed by atoms with E-state index in [1.807, 2.05) is 52.0 Å². The first-order valence-corrected chi connectivity index (χ1v) is 19.2. The monoisotopic (exact) mass is 838 g/mol. The fourth-order valence-corrected chi connectivity index (χ4v) is 8.11. The van der Waals surface area contributed by atoms with E-state index in [0.29, 0.717) is 36.8 Å². The van der Waals surface area contributed by atoms with E-state index in [0.717, 1.165) is 8.95 Å². The van der Waals surface area contributed by atoms with Crippen molar-refractivity contribution in [1.29, 1.82) is 10.5 Å². The zero-order valence-corrected chi connectivity index (χ0v) is 35.3. The van der Waals surface area contributed by atoms with Crippen LogP contribution in [-0.4, -0.2) is 34.7 Å². The van der Waals surface area contributed by atoms with E-state index in [9.17, 15) is 29.7 Å². The Balaban J connectivity index is 0.000000280. The van der Waals surface area contributed by atoms with Crippen LogP contribution in [0.1, 0.15) is 119 Å². The molecule has 0 amide bonds. The highest BCUT2D eigenvalue weighted by molar-refractivity contribution is 9.10. The molecule has 10 heteroatoms. The van der Waals surface area contributed by atoms with Gasteiger partial charge in [-0.05, 0) is 112 Å². The summed E-state index contributed by atoms with van der Waals surface area (Å²) in [5, 5.41) is 20.4. The molecule has 2 fully saturated rings. The summed E-state index contributed by atoms with van der Waals surface area (Å²) >= 11 is 6.78. The second kappa shape index (κ2) is 15.9. The van der Waals surface area contributed by atoms with E-state index in [2.05, 4.69) is 44.0 Å². The van der Waals surface area contributed by atoms with Crippen molar-refractivity contribution in [2.75, 3.05) is 0 Å². The molecule has 0 aromatic heterocycles. The normalized spacial score (nSPS) is 22.2. The smallest absolute Gasteiger partial charge is 0.331 e. The van der Waals surface area contributed by atoms with Gasteiger partial charge in [-0.15, -0.1) is 0 Å². The van der Waals surface area contributed by atoms with Crippen LogP contribution in [0.3, 0.4) is 0 Å². The number of hydrogen-bond acceptors (Lipinski definition) is 8. The molecule has 0 N–H and O–H groups in total. The number of carbonyl (C=O) groups is 4. The minimum absolute atomic E-state index is 0.0894. The van der Waals surface area contributed by atoms with E-state index >= 15 is 0 Å². The van der Waals surface area contributed by atoms with Crippen LogP contribution in [0.2, 0.25) is 0 Å². The summed E-state index contributed by atoms with van der Waals surface area (Å²) in [4.78, 5) is 51.2. The maximum Gasteiger partial charge on any atom is 0.331 e.